The molecule has 8 N–H and O–H groups in total. The number of aldehydes is 2. The van der Waals surface area contributed by atoms with Gasteiger partial charge in [-0.3, -0.25) is 0 Å². The van der Waals surface area contributed by atoms with Crippen molar-refractivity contribution in [1.29, 1.82) is 0 Å². The van der Waals surface area contributed by atoms with Gasteiger partial charge < -0.3 is 50.4 Å². The Morgan fingerprint density at radius 3 is 1.48 bits per heavy atom. The largest absolute Gasteiger partial charge is 0.394 e. The van der Waals surface area contributed by atoms with E-state index < -0.39 is 49.8 Å². The first-order valence-electron chi connectivity index (χ1n) is 5.95. The van der Waals surface area contributed by atoms with Crippen LogP contribution in [0.4, 0.5) is 0 Å². The topological polar surface area (TPSA) is 196 Å². The monoisotopic (exact) mass is 314 g/mol. The maximum Gasteiger partial charge on any atom is 0.151 e. The molecule has 0 aromatic carbocycles. The highest BCUT2D eigenvalue weighted by Gasteiger charge is 2.23. The molecule has 126 valence electrons. The number of hydrogen-bond donors (Lipinski definition) is 8. The second-order valence-electron chi connectivity index (χ2n) is 4.08. The van der Waals surface area contributed by atoms with Gasteiger partial charge in [0.15, 0.2) is 6.29 Å². The molecular weight excluding hydrogens is 292 g/mol. The molecule has 0 fully saturated rings. The summed E-state index contributed by atoms with van der Waals surface area (Å²) >= 11 is 0. The van der Waals surface area contributed by atoms with Crippen LogP contribution in [0.3, 0.4) is 0 Å². The van der Waals surface area contributed by atoms with Gasteiger partial charge in [0.05, 0.1) is 19.3 Å². The molecule has 0 saturated carbocycles. The fourth-order valence-electron chi connectivity index (χ4n) is 1.02. The number of carbonyl (C=O) groups excluding carboxylic acids is 2. The van der Waals surface area contributed by atoms with Gasteiger partial charge in [0.2, 0.25) is 0 Å². The highest BCUT2D eigenvalue weighted by molar-refractivity contribution is 5.56. The number of aliphatic hydroxyl groups excluding tert-OH is 8. The highest BCUT2D eigenvalue weighted by Crippen LogP contribution is 2.01. The van der Waals surface area contributed by atoms with E-state index in [0.717, 1.165) is 0 Å². The summed E-state index contributed by atoms with van der Waals surface area (Å²) < 4.78 is 0. The van der Waals surface area contributed by atoms with Crippen molar-refractivity contribution in [2.75, 3.05) is 13.2 Å². The van der Waals surface area contributed by atoms with Gasteiger partial charge in [-0.25, -0.2) is 0 Å². The van der Waals surface area contributed by atoms with Crippen molar-refractivity contribution < 1.29 is 50.4 Å². The molecule has 0 saturated heterocycles. The molecule has 0 radical (unpaired) electrons. The quantitative estimate of drug-likeness (QED) is 0.191. The van der Waals surface area contributed by atoms with Crippen LogP contribution in [0, 0.1) is 0 Å². The molecule has 0 aromatic heterocycles. The SMILES string of the molecule is O=CC[C@@H](O)[C@H](O)[C@H](O)CO.O=C[C@H](O)[C@H](O)[C@H](O)CO. The average Bonchev–Trinajstić information content (AvgIpc) is 2.51. The van der Waals surface area contributed by atoms with E-state index in [0.29, 0.717) is 6.29 Å². The molecule has 0 amide bonds. The van der Waals surface area contributed by atoms with Crippen LogP contribution in [-0.2, 0) is 9.59 Å². The third-order valence-electron chi connectivity index (χ3n) is 2.38. The van der Waals surface area contributed by atoms with Crippen LogP contribution in [0.5, 0.6) is 0 Å². The smallest absolute Gasteiger partial charge is 0.151 e. The van der Waals surface area contributed by atoms with E-state index in [1.165, 1.54) is 0 Å². The van der Waals surface area contributed by atoms with E-state index in [4.69, 9.17) is 40.9 Å². The molecule has 0 aliphatic heterocycles. The summed E-state index contributed by atoms with van der Waals surface area (Å²) in [5.74, 6) is 0. The fraction of sp³-hybridized carbons (Fsp3) is 0.818. The van der Waals surface area contributed by atoms with Gasteiger partial charge >= 0.3 is 0 Å². The maximum absolute atomic E-state index is 9.82. The third-order valence-corrected chi connectivity index (χ3v) is 2.38. The van der Waals surface area contributed by atoms with Crippen LogP contribution in [0.15, 0.2) is 0 Å². The van der Waals surface area contributed by atoms with E-state index in [9.17, 15) is 9.59 Å². The van der Waals surface area contributed by atoms with Gasteiger partial charge in [-0.15, -0.1) is 0 Å². The van der Waals surface area contributed by atoms with Crippen molar-refractivity contribution in [3.63, 3.8) is 0 Å². The van der Waals surface area contributed by atoms with Crippen molar-refractivity contribution in [2.45, 2.75) is 43.0 Å². The molecule has 0 aliphatic rings. The van der Waals surface area contributed by atoms with Gasteiger partial charge in [0, 0.05) is 6.42 Å². The standard InChI is InChI=1S/C6H12O5.C5H10O5/c7-2-1-4(9)6(11)5(10)3-8;6-1-3(8)5(10)4(9)2-7/h2,4-6,8-11H,1,3H2;1,3-5,7-10H,2H2/t4-,5-,6+;3-,4+,5-/m10/s1. The summed E-state index contributed by atoms with van der Waals surface area (Å²) in [4.78, 5) is 19.6. The second-order valence-corrected chi connectivity index (χ2v) is 4.08. The lowest BCUT2D eigenvalue weighted by Gasteiger charge is -2.19. The van der Waals surface area contributed by atoms with Crippen LogP contribution < -0.4 is 0 Å². The molecule has 10 heteroatoms. The average molecular weight is 314 g/mol. The molecule has 0 unspecified atom stereocenters. The van der Waals surface area contributed by atoms with Gasteiger partial charge in [-0.1, -0.05) is 0 Å². The zero-order valence-electron chi connectivity index (χ0n) is 11.1. The summed E-state index contributed by atoms with van der Waals surface area (Å²) in [5, 5.41) is 68.9. The Labute approximate surface area is 120 Å². The van der Waals surface area contributed by atoms with Crippen LogP contribution in [0.25, 0.3) is 0 Å². The Balaban J connectivity index is 0. The second kappa shape index (κ2) is 12.7. The first-order chi connectivity index (χ1) is 9.76. The van der Waals surface area contributed by atoms with Gasteiger partial charge in [-0.05, 0) is 0 Å². The van der Waals surface area contributed by atoms with Crippen molar-refractivity contribution in [1.82, 2.24) is 0 Å². The van der Waals surface area contributed by atoms with Crippen LogP contribution in [0.1, 0.15) is 6.42 Å². The van der Waals surface area contributed by atoms with Crippen LogP contribution >= 0.6 is 0 Å². The predicted molar refractivity (Wildman–Crippen MR) is 67.0 cm³/mol. The molecule has 0 aliphatic carbocycles. The number of rotatable bonds is 9. The summed E-state index contributed by atoms with van der Waals surface area (Å²) in [6.07, 6.45) is -8.63. The summed E-state index contributed by atoms with van der Waals surface area (Å²) in [7, 11) is 0. The molecule has 6 atom stereocenters. The molecule has 10 nitrogen and oxygen atoms in total. The minimum atomic E-state index is -1.64. The lowest BCUT2D eigenvalue weighted by molar-refractivity contribution is -0.127. The fourth-order valence-corrected chi connectivity index (χ4v) is 1.02. The Kier molecular flexibility index (Phi) is 13.5. The van der Waals surface area contributed by atoms with E-state index in [-0.39, 0.29) is 12.7 Å². The first kappa shape index (κ1) is 22.3. The summed E-state index contributed by atoms with van der Waals surface area (Å²) in [5.41, 5.74) is 0. The third kappa shape index (κ3) is 9.55. The molecule has 0 heterocycles. The highest BCUT2D eigenvalue weighted by atomic mass is 16.4. The summed E-state index contributed by atoms with van der Waals surface area (Å²) in [6.45, 7) is -1.33. The van der Waals surface area contributed by atoms with Crippen LogP contribution in [0.2, 0.25) is 0 Å². The normalized spacial score (nSPS) is 19.2. The van der Waals surface area contributed by atoms with Crippen molar-refractivity contribution in [3.8, 4) is 0 Å². The van der Waals surface area contributed by atoms with E-state index in [1.54, 1.807) is 0 Å². The first-order valence-corrected chi connectivity index (χ1v) is 5.95. The molecule has 0 bridgehead atoms. The Morgan fingerprint density at radius 2 is 1.14 bits per heavy atom. The molecule has 0 spiro atoms. The Hall–Kier alpha value is -0.980. The lowest BCUT2D eigenvalue weighted by Crippen LogP contribution is -2.40. The minimum absolute atomic E-state index is 0.0869. The summed E-state index contributed by atoms with van der Waals surface area (Å²) in [6, 6.07) is 0. The zero-order valence-corrected chi connectivity index (χ0v) is 11.1. The van der Waals surface area contributed by atoms with Crippen LogP contribution in [-0.4, -0.2) is 103 Å². The van der Waals surface area contributed by atoms with E-state index in [2.05, 4.69) is 0 Å². The molecule has 21 heavy (non-hydrogen) atoms. The number of aliphatic hydroxyl groups is 8. The van der Waals surface area contributed by atoms with Crippen molar-refractivity contribution >= 4 is 12.6 Å². The number of hydrogen-bond acceptors (Lipinski definition) is 10. The molecule has 0 aromatic rings. The van der Waals surface area contributed by atoms with E-state index in [1.807, 2.05) is 0 Å². The predicted octanol–water partition coefficient (Wildman–Crippen LogP) is -5.09. The van der Waals surface area contributed by atoms with Crippen molar-refractivity contribution in [2.24, 2.45) is 0 Å². The number of carbonyl (C=O) groups is 2. The van der Waals surface area contributed by atoms with Crippen molar-refractivity contribution in [3.05, 3.63) is 0 Å². The molecule has 0 rings (SSSR count). The van der Waals surface area contributed by atoms with E-state index >= 15 is 0 Å². The van der Waals surface area contributed by atoms with Gasteiger partial charge in [0.25, 0.3) is 0 Å². The zero-order chi connectivity index (χ0) is 17.0. The Bertz CT molecular complexity index is 274. The molecular formula is C11H22O10. The van der Waals surface area contributed by atoms with Gasteiger partial charge in [-0.2, -0.15) is 0 Å². The van der Waals surface area contributed by atoms with Gasteiger partial charge in [0.1, 0.15) is 36.8 Å². The Morgan fingerprint density at radius 1 is 0.714 bits per heavy atom. The maximum atomic E-state index is 9.82. The lowest BCUT2D eigenvalue weighted by atomic mass is 10.1. The minimum Gasteiger partial charge on any atom is -0.394 e.